The molecular weight excluding hydrogens is 246 g/mol. The van der Waals surface area contributed by atoms with Crippen molar-refractivity contribution in [3.05, 3.63) is 0 Å². The highest BCUT2D eigenvalue weighted by molar-refractivity contribution is 5.72. The van der Waals surface area contributed by atoms with E-state index in [-0.39, 0.29) is 30.2 Å². The molecule has 4 rings (SSSR count). The van der Waals surface area contributed by atoms with Gasteiger partial charge in [-0.25, -0.2) is 0 Å². The highest BCUT2D eigenvalue weighted by atomic mass is 16.4. The Morgan fingerprint density at radius 1 is 1.00 bits per heavy atom. The lowest BCUT2D eigenvalue weighted by Crippen LogP contribution is -2.64. The molecule has 4 fully saturated rings. The fourth-order valence-corrected chi connectivity index (χ4v) is 5.45. The van der Waals surface area contributed by atoms with Gasteiger partial charge in [0.2, 0.25) is 0 Å². The number of carboxylic acids is 2. The molecule has 0 spiro atoms. The minimum absolute atomic E-state index is 0.0164. The van der Waals surface area contributed by atoms with Gasteiger partial charge >= 0.3 is 11.9 Å². The molecule has 19 heavy (non-hydrogen) atoms. The Bertz CT molecular complexity index is 399. The van der Waals surface area contributed by atoms with Crippen LogP contribution in [0.2, 0.25) is 0 Å². The van der Waals surface area contributed by atoms with E-state index in [2.05, 4.69) is 0 Å². The van der Waals surface area contributed by atoms with Crippen LogP contribution >= 0.6 is 0 Å². The number of rotatable bonds is 4. The molecule has 0 aliphatic heterocycles. The first-order chi connectivity index (χ1) is 8.83. The van der Waals surface area contributed by atoms with Gasteiger partial charge in [0.05, 0.1) is 12.8 Å². The zero-order valence-corrected chi connectivity index (χ0v) is 11.0. The predicted molar refractivity (Wildman–Crippen MR) is 67.4 cm³/mol. The van der Waals surface area contributed by atoms with Gasteiger partial charge in [-0.2, -0.15) is 0 Å². The summed E-state index contributed by atoms with van der Waals surface area (Å²) in [5.74, 6) is -0.815. The fourth-order valence-electron chi connectivity index (χ4n) is 5.45. The van der Waals surface area contributed by atoms with E-state index in [9.17, 15) is 19.8 Å². The molecule has 0 aromatic heterocycles. The van der Waals surface area contributed by atoms with E-state index in [0.717, 1.165) is 32.1 Å². The molecule has 2 atom stereocenters. The highest BCUT2D eigenvalue weighted by Crippen LogP contribution is 2.65. The molecule has 4 bridgehead atoms. The van der Waals surface area contributed by atoms with Crippen LogP contribution in [0.3, 0.4) is 0 Å². The molecule has 5 nitrogen and oxygen atoms in total. The molecule has 0 radical (unpaired) electrons. The molecule has 0 aromatic rings. The zero-order valence-electron chi connectivity index (χ0n) is 11.0. The lowest BCUT2D eigenvalue weighted by Gasteiger charge is -2.64. The molecule has 4 aliphatic carbocycles. The van der Waals surface area contributed by atoms with E-state index in [1.807, 2.05) is 0 Å². The van der Waals surface area contributed by atoms with E-state index in [1.165, 1.54) is 0 Å². The Balaban J connectivity index is 1.96. The molecule has 2 unspecified atom stereocenters. The van der Waals surface area contributed by atoms with E-state index >= 15 is 0 Å². The Morgan fingerprint density at radius 2 is 1.47 bits per heavy atom. The lowest BCUT2D eigenvalue weighted by molar-refractivity contribution is -0.167. The molecule has 5 heteroatoms. The highest BCUT2D eigenvalue weighted by Gasteiger charge is 2.61. The summed E-state index contributed by atoms with van der Waals surface area (Å²) in [7, 11) is 0. The van der Waals surface area contributed by atoms with E-state index < -0.39 is 17.4 Å². The van der Waals surface area contributed by atoms with Crippen LogP contribution in [-0.2, 0) is 9.59 Å². The second-order valence-corrected chi connectivity index (χ2v) is 7.08. The van der Waals surface area contributed by atoms with Crippen molar-refractivity contribution in [2.75, 3.05) is 0 Å². The molecular formula is C14H21NO4. The topological polar surface area (TPSA) is 101 Å². The van der Waals surface area contributed by atoms with Gasteiger partial charge in [0.1, 0.15) is 0 Å². The van der Waals surface area contributed by atoms with Crippen LogP contribution in [0.25, 0.3) is 0 Å². The maximum Gasteiger partial charge on any atom is 0.303 e. The van der Waals surface area contributed by atoms with Crippen molar-refractivity contribution in [1.29, 1.82) is 0 Å². The largest absolute Gasteiger partial charge is 0.481 e. The summed E-state index contributed by atoms with van der Waals surface area (Å²) in [4.78, 5) is 22.5. The minimum atomic E-state index is -0.875. The lowest BCUT2D eigenvalue weighted by atomic mass is 9.42. The molecule has 106 valence electrons. The van der Waals surface area contributed by atoms with Crippen molar-refractivity contribution < 1.29 is 19.8 Å². The van der Waals surface area contributed by atoms with Gasteiger partial charge in [-0.05, 0) is 55.3 Å². The third-order valence-corrected chi connectivity index (χ3v) is 5.82. The number of nitrogens with two attached hydrogens (primary N) is 1. The van der Waals surface area contributed by atoms with Crippen molar-refractivity contribution in [3.63, 3.8) is 0 Å². The fraction of sp³-hybridized carbons (Fsp3) is 0.857. The van der Waals surface area contributed by atoms with Crippen LogP contribution in [0.1, 0.15) is 44.9 Å². The monoisotopic (exact) mass is 267 g/mol. The number of hydrogen-bond donors (Lipinski definition) is 3. The Labute approximate surface area is 112 Å². The van der Waals surface area contributed by atoms with Gasteiger partial charge in [0.15, 0.2) is 0 Å². The number of hydrogen-bond acceptors (Lipinski definition) is 3. The number of aliphatic carboxylic acids is 2. The van der Waals surface area contributed by atoms with Crippen LogP contribution in [0.4, 0.5) is 0 Å². The zero-order chi connectivity index (χ0) is 13.8. The first kappa shape index (κ1) is 12.9. The maximum atomic E-state index is 11.2. The summed E-state index contributed by atoms with van der Waals surface area (Å²) in [5.41, 5.74) is 5.69. The van der Waals surface area contributed by atoms with Gasteiger partial charge < -0.3 is 15.9 Å². The number of carbonyl (C=O) groups is 2. The van der Waals surface area contributed by atoms with Gasteiger partial charge in [-0.1, -0.05) is 0 Å². The summed E-state index contributed by atoms with van der Waals surface area (Å²) < 4.78 is 0. The summed E-state index contributed by atoms with van der Waals surface area (Å²) >= 11 is 0. The van der Waals surface area contributed by atoms with Gasteiger partial charge in [0.25, 0.3) is 0 Å². The first-order valence-electron chi connectivity index (χ1n) is 7.05. The Hall–Kier alpha value is -1.10. The van der Waals surface area contributed by atoms with Crippen LogP contribution in [0, 0.1) is 23.2 Å². The molecule has 0 heterocycles. The molecule has 4 aliphatic rings. The van der Waals surface area contributed by atoms with Crippen molar-refractivity contribution in [3.8, 4) is 0 Å². The SMILES string of the molecule is NC12CC3CC(C1)C(CC(=O)O)(CC(=O)O)C(C3)C2. The van der Waals surface area contributed by atoms with Gasteiger partial charge in [0, 0.05) is 5.54 Å². The van der Waals surface area contributed by atoms with Gasteiger partial charge in [-0.3, -0.25) is 9.59 Å². The second kappa shape index (κ2) is 3.95. The maximum absolute atomic E-state index is 11.2. The first-order valence-corrected chi connectivity index (χ1v) is 7.05. The third kappa shape index (κ3) is 1.95. The van der Waals surface area contributed by atoms with Crippen LogP contribution in [-0.4, -0.2) is 27.7 Å². The van der Waals surface area contributed by atoms with E-state index in [1.54, 1.807) is 0 Å². The van der Waals surface area contributed by atoms with E-state index in [4.69, 9.17) is 5.73 Å². The summed E-state index contributed by atoms with van der Waals surface area (Å²) in [6.45, 7) is 0. The smallest absolute Gasteiger partial charge is 0.303 e. The molecule has 0 amide bonds. The molecule has 4 saturated carbocycles. The average Bonchev–Trinajstić information content (AvgIpc) is 2.21. The predicted octanol–water partition coefficient (Wildman–Crippen LogP) is 1.46. The Morgan fingerprint density at radius 3 is 1.84 bits per heavy atom. The number of carboxylic acid groups (broad SMARTS) is 2. The van der Waals surface area contributed by atoms with Crippen molar-refractivity contribution in [2.24, 2.45) is 28.9 Å². The third-order valence-electron chi connectivity index (χ3n) is 5.82. The van der Waals surface area contributed by atoms with Crippen molar-refractivity contribution >= 4 is 11.9 Å². The minimum Gasteiger partial charge on any atom is -0.481 e. The summed E-state index contributed by atoms with van der Waals surface area (Å²) in [5, 5.41) is 18.4. The van der Waals surface area contributed by atoms with Crippen molar-refractivity contribution in [2.45, 2.75) is 50.5 Å². The Kier molecular flexibility index (Phi) is 2.68. The second-order valence-electron chi connectivity index (χ2n) is 7.08. The van der Waals surface area contributed by atoms with Crippen LogP contribution < -0.4 is 5.73 Å². The summed E-state index contributed by atoms with van der Waals surface area (Å²) in [6.07, 6.45) is 4.55. The van der Waals surface area contributed by atoms with E-state index in [0.29, 0.717) is 5.92 Å². The normalized spacial score (nSPS) is 42.3. The van der Waals surface area contributed by atoms with Gasteiger partial charge in [-0.15, -0.1) is 0 Å². The standard InChI is InChI=1S/C14H21NO4/c15-13-3-8-1-9(4-13)14(6-11(16)17,7-12(18)19)10(2-8)5-13/h8-10H,1-7,15H2,(H,16,17)(H,18,19). The van der Waals surface area contributed by atoms with Crippen molar-refractivity contribution in [1.82, 2.24) is 0 Å². The average molecular weight is 267 g/mol. The summed E-state index contributed by atoms with van der Waals surface area (Å²) in [6, 6.07) is 0. The molecule has 4 N–H and O–H groups in total. The van der Waals surface area contributed by atoms with Crippen LogP contribution in [0.15, 0.2) is 0 Å². The quantitative estimate of drug-likeness (QED) is 0.716. The molecule has 0 aromatic carbocycles. The van der Waals surface area contributed by atoms with Crippen LogP contribution in [0.5, 0.6) is 0 Å². The molecule has 0 saturated heterocycles.